The summed E-state index contributed by atoms with van der Waals surface area (Å²) in [5.74, 6) is -1.58. The van der Waals surface area contributed by atoms with Crippen molar-refractivity contribution < 1.29 is 52.2 Å². The van der Waals surface area contributed by atoms with Gasteiger partial charge in [0.05, 0.1) is 19.8 Å². The third-order valence-corrected chi connectivity index (χ3v) is 14.1. The number of carbonyl (C=O) groups excluding carboxylic acids is 3. The van der Waals surface area contributed by atoms with Crippen LogP contribution in [0.4, 0.5) is 0 Å². The molecule has 0 spiro atoms. The van der Waals surface area contributed by atoms with E-state index in [1.54, 1.807) is 0 Å². The van der Waals surface area contributed by atoms with E-state index in [9.17, 15) is 28.9 Å². The van der Waals surface area contributed by atoms with Gasteiger partial charge in [-0.25, -0.2) is 4.57 Å². The van der Waals surface area contributed by atoms with Crippen LogP contribution in [0.15, 0.2) is 109 Å². The van der Waals surface area contributed by atoms with E-state index in [-0.39, 0.29) is 25.9 Å². The molecular weight excluding hydrogens is 1020 g/mol. The van der Waals surface area contributed by atoms with E-state index in [4.69, 9.17) is 23.3 Å². The van der Waals surface area contributed by atoms with E-state index in [1.165, 1.54) is 96.3 Å². The summed E-state index contributed by atoms with van der Waals surface area (Å²) in [5, 5.41) is 9.85. The van der Waals surface area contributed by atoms with Gasteiger partial charge in [-0.3, -0.25) is 23.4 Å². The van der Waals surface area contributed by atoms with Gasteiger partial charge in [-0.05, 0) is 116 Å². The molecule has 458 valence electrons. The number of allylic oxidation sites excluding steroid dienone is 18. The lowest BCUT2D eigenvalue weighted by Crippen LogP contribution is -2.30. The lowest BCUT2D eigenvalue weighted by Gasteiger charge is -2.21. The fraction of sp³-hybridized carbons (Fsp3) is 0.691. The molecule has 0 aromatic rings. The smallest absolute Gasteiger partial charge is 0.462 e. The third-order valence-electron chi connectivity index (χ3n) is 13.2. The Labute approximate surface area is 488 Å². The first kappa shape index (κ1) is 76.1. The van der Waals surface area contributed by atoms with Crippen molar-refractivity contribution in [2.75, 3.05) is 26.4 Å². The molecule has 0 heterocycles. The number of aliphatic hydroxyl groups excluding tert-OH is 1. The Bertz CT molecular complexity index is 1760. The van der Waals surface area contributed by atoms with Gasteiger partial charge in [0.2, 0.25) is 0 Å². The zero-order valence-electron chi connectivity index (χ0n) is 50.8. The molecule has 0 saturated heterocycles. The molecular formula is C68H115O11P. The Morgan fingerprint density at radius 3 is 1.11 bits per heavy atom. The van der Waals surface area contributed by atoms with Gasteiger partial charge < -0.3 is 24.2 Å². The average molecular weight is 1140 g/mol. The first-order valence-electron chi connectivity index (χ1n) is 31.8. The normalized spacial score (nSPS) is 14.0. The van der Waals surface area contributed by atoms with Crippen LogP contribution in [0.25, 0.3) is 0 Å². The second kappa shape index (κ2) is 61.2. The van der Waals surface area contributed by atoms with Crippen LogP contribution in [0.5, 0.6) is 0 Å². The van der Waals surface area contributed by atoms with Crippen molar-refractivity contribution in [2.45, 2.75) is 277 Å². The summed E-state index contributed by atoms with van der Waals surface area (Å²) < 4.78 is 39.6. The number of rotatable bonds is 58. The number of hydrogen-bond donors (Lipinski definition) is 2. The van der Waals surface area contributed by atoms with E-state index in [2.05, 4.69) is 118 Å². The largest absolute Gasteiger partial charge is 0.472 e. The predicted molar refractivity (Wildman–Crippen MR) is 334 cm³/mol. The molecule has 0 bridgehead atoms. The molecule has 0 fully saturated rings. The second-order valence-corrected chi connectivity index (χ2v) is 22.3. The zero-order valence-corrected chi connectivity index (χ0v) is 51.7. The Kier molecular flexibility index (Phi) is 58.3. The minimum atomic E-state index is -4.78. The van der Waals surface area contributed by atoms with E-state index < -0.39 is 57.8 Å². The minimum absolute atomic E-state index is 0.0366. The number of carbonyl (C=O) groups is 3. The number of hydrogen-bond acceptors (Lipinski definition) is 10. The summed E-state index contributed by atoms with van der Waals surface area (Å²) in [4.78, 5) is 48.7. The predicted octanol–water partition coefficient (Wildman–Crippen LogP) is 19.4. The Balaban J connectivity index is 4.79. The van der Waals surface area contributed by atoms with Crippen molar-refractivity contribution in [3.63, 3.8) is 0 Å². The molecule has 0 aromatic heterocycles. The van der Waals surface area contributed by atoms with Gasteiger partial charge in [-0.15, -0.1) is 0 Å². The fourth-order valence-corrected chi connectivity index (χ4v) is 9.13. The lowest BCUT2D eigenvalue weighted by molar-refractivity contribution is -0.161. The van der Waals surface area contributed by atoms with Gasteiger partial charge in [0.15, 0.2) is 6.10 Å². The van der Waals surface area contributed by atoms with Gasteiger partial charge in [0.1, 0.15) is 12.7 Å². The van der Waals surface area contributed by atoms with Crippen LogP contribution in [-0.4, -0.2) is 66.5 Å². The molecule has 0 radical (unpaired) electrons. The maximum absolute atomic E-state index is 12.9. The van der Waals surface area contributed by atoms with Crippen LogP contribution in [0, 0.1) is 0 Å². The van der Waals surface area contributed by atoms with Crippen molar-refractivity contribution in [3.8, 4) is 0 Å². The molecule has 0 aliphatic heterocycles. The fourth-order valence-electron chi connectivity index (χ4n) is 8.35. The van der Waals surface area contributed by atoms with Crippen molar-refractivity contribution >= 4 is 25.7 Å². The molecule has 12 heteroatoms. The highest BCUT2D eigenvalue weighted by molar-refractivity contribution is 7.47. The standard InChI is InChI=1S/C68H115O11P/c1-4-7-10-13-16-19-22-25-28-30-32-34-37-40-43-46-49-52-55-58-67(71)78-64(60-69)62-76-80(73,74)77-63-65(61-75-66(70)57-54-51-48-45-42-39-36-27-24-21-18-15-12-9-6-3)79-68(72)59-56-53-50-47-44-41-38-35-33-31-29-26-23-20-17-14-11-8-5-2/h8,11,16-17,19-20,25-29,33,35-36,41,44,50,53,64-65,69H,4-7,9-10,12-15,18,21-24,30-32,34,37-40,42-43,45-49,51-52,54-63H2,1-3H3,(H,73,74)/b11-8-,19-16-,20-17-,28-25-,29-26-,35-33-,36-27-,44-41-,53-50-. The van der Waals surface area contributed by atoms with Gasteiger partial charge in [0, 0.05) is 19.3 Å². The summed E-state index contributed by atoms with van der Waals surface area (Å²) in [6, 6.07) is 0. The van der Waals surface area contributed by atoms with E-state index in [1.807, 2.05) is 12.2 Å². The highest BCUT2D eigenvalue weighted by Crippen LogP contribution is 2.43. The minimum Gasteiger partial charge on any atom is -0.462 e. The molecule has 3 unspecified atom stereocenters. The number of esters is 3. The Morgan fingerprint density at radius 2 is 0.675 bits per heavy atom. The van der Waals surface area contributed by atoms with Gasteiger partial charge in [-0.1, -0.05) is 239 Å². The summed E-state index contributed by atoms with van der Waals surface area (Å²) >= 11 is 0. The molecule has 11 nitrogen and oxygen atoms in total. The molecule has 3 atom stereocenters. The van der Waals surface area contributed by atoms with Crippen molar-refractivity contribution in [1.82, 2.24) is 0 Å². The Morgan fingerprint density at radius 1 is 0.362 bits per heavy atom. The van der Waals surface area contributed by atoms with E-state index in [0.717, 1.165) is 103 Å². The van der Waals surface area contributed by atoms with Crippen LogP contribution in [0.2, 0.25) is 0 Å². The number of phosphoric acid groups is 1. The van der Waals surface area contributed by atoms with Crippen molar-refractivity contribution in [2.24, 2.45) is 0 Å². The highest BCUT2D eigenvalue weighted by atomic mass is 31.2. The molecule has 80 heavy (non-hydrogen) atoms. The number of phosphoric ester groups is 1. The van der Waals surface area contributed by atoms with Crippen LogP contribution >= 0.6 is 7.82 Å². The van der Waals surface area contributed by atoms with Crippen molar-refractivity contribution in [1.29, 1.82) is 0 Å². The average Bonchev–Trinajstić information content (AvgIpc) is 3.45. The maximum atomic E-state index is 12.9. The summed E-state index contributed by atoms with van der Waals surface area (Å²) in [6.45, 7) is 4.42. The van der Waals surface area contributed by atoms with Crippen LogP contribution < -0.4 is 0 Å². The first-order chi connectivity index (χ1) is 39.2. The second-order valence-electron chi connectivity index (χ2n) is 20.8. The molecule has 0 aliphatic carbocycles. The SMILES string of the molecule is CC/C=C\C/C=C\C/C=C\C/C=C\C/C=C\C/C=C\CCC(=O)OC(COC(=O)CCCCCCC/C=C\CCCCCCCC)COP(=O)(O)OCC(CO)OC(=O)CCCCCCCCCCC/C=C\C/C=C\CCCCC. The highest BCUT2D eigenvalue weighted by Gasteiger charge is 2.28. The van der Waals surface area contributed by atoms with E-state index in [0.29, 0.717) is 25.7 Å². The topological polar surface area (TPSA) is 155 Å². The Hall–Kier alpha value is -3.86. The van der Waals surface area contributed by atoms with Crippen molar-refractivity contribution in [3.05, 3.63) is 109 Å². The third kappa shape index (κ3) is 58.8. The van der Waals surface area contributed by atoms with Crippen LogP contribution in [0.1, 0.15) is 265 Å². The van der Waals surface area contributed by atoms with Gasteiger partial charge in [-0.2, -0.15) is 0 Å². The summed E-state index contributed by atoms with van der Waals surface area (Å²) in [6.07, 6.45) is 74.8. The van der Waals surface area contributed by atoms with Crippen LogP contribution in [0.3, 0.4) is 0 Å². The zero-order chi connectivity index (χ0) is 58.3. The lowest BCUT2D eigenvalue weighted by atomic mass is 10.1. The summed E-state index contributed by atoms with van der Waals surface area (Å²) in [7, 11) is -4.78. The molecule has 0 aromatic carbocycles. The molecule has 0 rings (SSSR count). The molecule has 0 saturated carbocycles. The molecule has 2 N–H and O–H groups in total. The molecule has 0 amide bonds. The first-order valence-corrected chi connectivity index (χ1v) is 33.3. The van der Waals surface area contributed by atoms with Gasteiger partial charge >= 0.3 is 25.7 Å². The maximum Gasteiger partial charge on any atom is 0.472 e. The quantitative estimate of drug-likeness (QED) is 0.0197. The number of unbranched alkanes of at least 4 members (excludes halogenated alkanes) is 23. The summed E-state index contributed by atoms with van der Waals surface area (Å²) in [5.41, 5.74) is 0. The molecule has 0 aliphatic rings. The van der Waals surface area contributed by atoms with Crippen LogP contribution in [-0.2, 0) is 42.2 Å². The monoisotopic (exact) mass is 1140 g/mol. The number of aliphatic hydroxyl groups is 1. The number of ether oxygens (including phenoxy) is 3. The van der Waals surface area contributed by atoms with Gasteiger partial charge in [0.25, 0.3) is 0 Å². The van der Waals surface area contributed by atoms with E-state index >= 15 is 0 Å².